The molecule has 0 radical (unpaired) electrons. The van der Waals surface area contributed by atoms with Gasteiger partial charge in [-0.05, 0) is 23.8 Å². The summed E-state index contributed by atoms with van der Waals surface area (Å²) in [5.74, 6) is 0.754. The fourth-order valence-electron chi connectivity index (χ4n) is 2.92. The van der Waals surface area contributed by atoms with Crippen molar-refractivity contribution in [3.8, 4) is 0 Å². The number of carbonyl (C=O) groups is 1. The van der Waals surface area contributed by atoms with Crippen molar-refractivity contribution in [1.29, 1.82) is 0 Å². The van der Waals surface area contributed by atoms with E-state index >= 15 is 0 Å². The van der Waals surface area contributed by atoms with E-state index in [-0.39, 0.29) is 18.0 Å². The SMILES string of the molecule is O=C(CCNc1ccccc1[N+](=O)[O-])NCc1ccnc(N2CCOCC2)c1. The van der Waals surface area contributed by atoms with E-state index in [0.29, 0.717) is 32.0 Å². The maximum atomic E-state index is 12.1. The smallest absolute Gasteiger partial charge is 0.292 e. The summed E-state index contributed by atoms with van der Waals surface area (Å²) in [4.78, 5) is 29.2. The van der Waals surface area contributed by atoms with E-state index in [1.54, 1.807) is 24.4 Å². The van der Waals surface area contributed by atoms with Gasteiger partial charge in [-0.15, -0.1) is 0 Å². The number of nitro groups is 1. The highest BCUT2D eigenvalue weighted by Crippen LogP contribution is 2.22. The van der Waals surface area contributed by atoms with E-state index in [1.807, 2.05) is 12.1 Å². The molecule has 1 aromatic carbocycles. The van der Waals surface area contributed by atoms with E-state index in [1.165, 1.54) is 6.07 Å². The first kappa shape index (κ1) is 19.6. The van der Waals surface area contributed by atoms with Gasteiger partial charge in [-0.2, -0.15) is 0 Å². The van der Waals surface area contributed by atoms with Gasteiger partial charge in [0.1, 0.15) is 11.5 Å². The Kier molecular flexibility index (Phi) is 6.74. The van der Waals surface area contributed by atoms with Crippen LogP contribution in [0.2, 0.25) is 0 Å². The number of aromatic nitrogens is 1. The predicted octanol–water partition coefficient (Wildman–Crippen LogP) is 1.94. The maximum absolute atomic E-state index is 12.1. The van der Waals surface area contributed by atoms with Gasteiger partial charge in [0.25, 0.3) is 5.69 Å². The number of pyridine rings is 1. The largest absolute Gasteiger partial charge is 0.379 e. The van der Waals surface area contributed by atoms with Gasteiger partial charge in [-0.3, -0.25) is 14.9 Å². The van der Waals surface area contributed by atoms with Crippen LogP contribution in [-0.4, -0.2) is 48.7 Å². The molecule has 28 heavy (non-hydrogen) atoms. The van der Waals surface area contributed by atoms with Gasteiger partial charge in [0.15, 0.2) is 0 Å². The number of nitro benzene ring substituents is 1. The topological polar surface area (TPSA) is 110 Å². The molecular weight excluding hydrogens is 362 g/mol. The van der Waals surface area contributed by atoms with Crippen LogP contribution in [0.1, 0.15) is 12.0 Å². The van der Waals surface area contributed by atoms with Gasteiger partial charge in [-0.1, -0.05) is 12.1 Å². The summed E-state index contributed by atoms with van der Waals surface area (Å²) >= 11 is 0. The summed E-state index contributed by atoms with van der Waals surface area (Å²) in [5.41, 5.74) is 1.37. The van der Waals surface area contributed by atoms with Crippen molar-refractivity contribution in [2.45, 2.75) is 13.0 Å². The van der Waals surface area contributed by atoms with E-state index in [4.69, 9.17) is 4.74 Å². The zero-order valence-electron chi connectivity index (χ0n) is 15.5. The number of ether oxygens (including phenoxy) is 1. The number of nitrogens with zero attached hydrogens (tertiary/aromatic N) is 3. The molecule has 2 aromatic rings. The molecule has 1 fully saturated rings. The molecular formula is C19H23N5O4. The molecule has 2 N–H and O–H groups in total. The molecule has 1 aliphatic rings. The van der Waals surface area contributed by atoms with Crippen LogP contribution in [0.15, 0.2) is 42.6 Å². The molecule has 1 aromatic heterocycles. The number of amides is 1. The third-order valence-electron chi connectivity index (χ3n) is 4.40. The van der Waals surface area contributed by atoms with E-state index < -0.39 is 4.92 Å². The molecule has 1 aliphatic heterocycles. The van der Waals surface area contributed by atoms with E-state index in [0.717, 1.165) is 24.5 Å². The second kappa shape index (κ2) is 9.65. The zero-order chi connectivity index (χ0) is 19.8. The number of nitrogens with one attached hydrogen (secondary N) is 2. The first-order chi connectivity index (χ1) is 13.6. The number of anilines is 2. The highest BCUT2D eigenvalue weighted by atomic mass is 16.6. The summed E-state index contributed by atoms with van der Waals surface area (Å²) in [6.45, 7) is 3.71. The highest BCUT2D eigenvalue weighted by Gasteiger charge is 2.13. The lowest BCUT2D eigenvalue weighted by molar-refractivity contribution is -0.384. The predicted molar refractivity (Wildman–Crippen MR) is 105 cm³/mol. The third-order valence-corrected chi connectivity index (χ3v) is 4.40. The molecule has 3 rings (SSSR count). The Hall–Kier alpha value is -3.20. The Balaban J connectivity index is 1.45. The van der Waals surface area contributed by atoms with E-state index in [2.05, 4.69) is 20.5 Å². The number of morpholine rings is 1. The van der Waals surface area contributed by atoms with Crippen molar-refractivity contribution < 1.29 is 14.5 Å². The fraction of sp³-hybridized carbons (Fsp3) is 0.368. The van der Waals surface area contributed by atoms with Crippen LogP contribution in [0.5, 0.6) is 0 Å². The average molecular weight is 385 g/mol. The van der Waals surface area contributed by atoms with Crippen LogP contribution < -0.4 is 15.5 Å². The lowest BCUT2D eigenvalue weighted by Gasteiger charge is -2.28. The fourth-order valence-corrected chi connectivity index (χ4v) is 2.92. The summed E-state index contributed by atoms with van der Waals surface area (Å²) in [6.07, 6.45) is 1.95. The van der Waals surface area contributed by atoms with Gasteiger partial charge in [-0.25, -0.2) is 4.98 Å². The molecule has 1 amide bonds. The molecule has 2 heterocycles. The third kappa shape index (κ3) is 5.40. The number of carbonyl (C=O) groups excluding carboxylic acids is 1. The lowest BCUT2D eigenvalue weighted by atomic mass is 10.2. The monoisotopic (exact) mass is 385 g/mol. The van der Waals surface area contributed by atoms with Crippen LogP contribution in [0.4, 0.5) is 17.2 Å². The number of para-hydroxylation sites is 2. The van der Waals surface area contributed by atoms with Crippen molar-refractivity contribution in [3.05, 3.63) is 58.3 Å². The van der Waals surface area contributed by atoms with Crippen molar-refractivity contribution in [2.75, 3.05) is 43.1 Å². The van der Waals surface area contributed by atoms with Crippen LogP contribution >= 0.6 is 0 Å². The van der Waals surface area contributed by atoms with Crippen molar-refractivity contribution >= 4 is 23.1 Å². The number of benzene rings is 1. The standard InChI is InChI=1S/C19H23N5O4/c25-19(6-8-20-16-3-1-2-4-17(16)24(26)27)22-14-15-5-7-21-18(13-15)23-9-11-28-12-10-23/h1-5,7,13,20H,6,8-12,14H2,(H,22,25). The molecule has 0 unspecified atom stereocenters. The minimum Gasteiger partial charge on any atom is -0.379 e. The minimum atomic E-state index is -0.447. The Morgan fingerprint density at radius 1 is 1.25 bits per heavy atom. The summed E-state index contributed by atoms with van der Waals surface area (Å²) in [6, 6.07) is 10.2. The summed E-state index contributed by atoms with van der Waals surface area (Å²) in [7, 11) is 0. The average Bonchev–Trinajstić information content (AvgIpc) is 2.73. The summed E-state index contributed by atoms with van der Waals surface area (Å²) in [5, 5.41) is 16.8. The maximum Gasteiger partial charge on any atom is 0.292 e. The molecule has 0 aliphatic carbocycles. The molecule has 0 atom stereocenters. The summed E-state index contributed by atoms with van der Waals surface area (Å²) < 4.78 is 5.35. The molecule has 9 heteroatoms. The Morgan fingerprint density at radius 3 is 2.82 bits per heavy atom. The van der Waals surface area contributed by atoms with Crippen LogP contribution in [0.3, 0.4) is 0 Å². The van der Waals surface area contributed by atoms with E-state index in [9.17, 15) is 14.9 Å². The lowest BCUT2D eigenvalue weighted by Crippen LogP contribution is -2.36. The van der Waals surface area contributed by atoms with Crippen LogP contribution in [-0.2, 0) is 16.1 Å². The van der Waals surface area contributed by atoms with Gasteiger partial charge >= 0.3 is 0 Å². The van der Waals surface area contributed by atoms with Gasteiger partial charge in [0.05, 0.1) is 18.1 Å². The quantitative estimate of drug-likeness (QED) is 0.528. The Labute approximate surface area is 162 Å². The Bertz CT molecular complexity index is 823. The van der Waals surface area contributed by atoms with Crippen molar-refractivity contribution in [2.24, 2.45) is 0 Å². The first-order valence-electron chi connectivity index (χ1n) is 9.15. The van der Waals surface area contributed by atoms with Gasteiger partial charge in [0.2, 0.25) is 5.91 Å². The van der Waals surface area contributed by atoms with Gasteiger partial charge < -0.3 is 20.3 Å². The van der Waals surface area contributed by atoms with Crippen LogP contribution in [0, 0.1) is 10.1 Å². The highest BCUT2D eigenvalue weighted by molar-refractivity contribution is 5.76. The normalized spacial score (nSPS) is 13.8. The second-order valence-electron chi connectivity index (χ2n) is 6.35. The molecule has 1 saturated heterocycles. The van der Waals surface area contributed by atoms with Crippen molar-refractivity contribution in [1.82, 2.24) is 10.3 Å². The second-order valence-corrected chi connectivity index (χ2v) is 6.35. The number of hydrogen-bond donors (Lipinski definition) is 2. The van der Waals surface area contributed by atoms with Crippen LogP contribution in [0.25, 0.3) is 0 Å². The minimum absolute atomic E-state index is 0.00432. The zero-order valence-corrected chi connectivity index (χ0v) is 15.5. The Morgan fingerprint density at radius 2 is 2.04 bits per heavy atom. The molecule has 0 spiro atoms. The molecule has 9 nitrogen and oxygen atoms in total. The van der Waals surface area contributed by atoms with Gasteiger partial charge in [0, 0.05) is 44.9 Å². The number of hydrogen-bond acceptors (Lipinski definition) is 7. The molecule has 0 bridgehead atoms. The number of rotatable bonds is 8. The first-order valence-corrected chi connectivity index (χ1v) is 9.15. The molecule has 0 saturated carbocycles. The van der Waals surface area contributed by atoms with Crippen molar-refractivity contribution in [3.63, 3.8) is 0 Å². The molecule has 148 valence electrons.